The van der Waals surface area contributed by atoms with Crippen LogP contribution >= 0.6 is 11.8 Å². The lowest BCUT2D eigenvalue weighted by Gasteiger charge is -2.38. The minimum absolute atomic E-state index is 0.702. The molecule has 2 bridgehead atoms. The zero-order chi connectivity index (χ0) is 11.7. The van der Waals surface area contributed by atoms with Crippen molar-refractivity contribution in [3.63, 3.8) is 0 Å². The van der Waals surface area contributed by atoms with Crippen LogP contribution in [0.4, 0.5) is 0 Å². The highest BCUT2D eigenvalue weighted by Gasteiger charge is 2.50. The first-order chi connectivity index (χ1) is 8.32. The average Bonchev–Trinajstić information content (AvgIpc) is 2.96. The summed E-state index contributed by atoms with van der Waals surface area (Å²) < 4.78 is 0. The van der Waals surface area contributed by atoms with E-state index in [1.807, 2.05) is 0 Å². The third kappa shape index (κ3) is 2.68. The molecule has 3 rings (SSSR count). The van der Waals surface area contributed by atoms with Gasteiger partial charge in [-0.3, -0.25) is 0 Å². The molecule has 3 saturated carbocycles. The fourth-order valence-corrected chi connectivity index (χ4v) is 5.06. The highest BCUT2D eigenvalue weighted by molar-refractivity contribution is 7.99. The molecule has 3 fully saturated rings. The maximum atomic E-state index is 3.84. The summed E-state index contributed by atoms with van der Waals surface area (Å²) in [6, 6.07) is 0.893. The Morgan fingerprint density at radius 2 is 2.12 bits per heavy atom. The van der Waals surface area contributed by atoms with Crippen LogP contribution in [-0.4, -0.2) is 24.1 Å². The quantitative estimate of drug-likeness (QED) is 0.695. The Morgan fingerprint density at radius 3 is 2.71 bits per heavy atom. The lowest BCUT2D eigenvalue weighted by Crippen LogP contribution is -2.40. The van der Waals surface area contributed by atoms with Gasteiger partial charge < -0.3 is 5.32 Å². The first-order valence-corrected chi connectivity index (χ1v) is 8.79. The van der Waals surface area contributed by atoms with Crippen molar-refractivity contribution in [1.29, 1.82) is 0 Å². The molecule has 0 aliphatic heterocycles. The average molecular weight is 253 g/mol. The van der Waals surface area contributed by atoms with E-state index in [2.05, 4.69) is 24.0 Å². The third-order valence-corrected chi connectivity index (χ3v) is 6.27. The molecule has 0 aromatic rings. The van der Waals surface area contributed by atoms with Crippen LogP contribution in [-0.2, 0) is 0 Å². The maximum absolute atomic E-state index is 3.84. The van der Waals surface area contributed by atoms with Gasteiger partial charge in [-0.15, -0.1) is 0 Å². The highest BCUT2D eigenvalue weighted by atomic mass is 32.2. The van der Waals surface area contributed by atoms with Crippen molar-refractivity contribution in [1.82, 2.24) is 5.32 Å². The van der Waals surface area contributed by atoms with E-state index in [4.69, 9.17) is 0 Å². The Bertz CT molecular complexity index is 264. The van der Waals surface area contributed by atoms with Gasteiger partial charge in [0, 0.05) is 12.6 Å². The van der Waals surface area contributed by atoms with E-state index in [-0.39, 0.29) is 0 Å². The number of hydrogen-bond acceptors (Lipinski definition) is 2. The van der Waals surface area contributed by atoms with E-state index in [0.717, 1.165) is 17.9 Å². The molecule has 1 N–H and O–H groups in total. The molecule has 0 radical (unpaired) electrons. The topological polar surface area (TPSA) is 12.0 Å². The molecule has 0 aromatic heterocycles. The van der Waals surface area contributed by atoms with Gasteiger partial charge >= 0.3 is 0 Å². The van der Waals surface area contributed by atoms with Crippen LogP contribution in [0.15, 0.2) is 0 Å². The zero-order valence-electron chi connectivity index (χ0n) is 11.2. The van der Waals surface area contributed by atoms with Gasteiger partial charge in [-0.2, -0.15) is 11.8 Å². The van der Waals surface area contributed by atoms with Crippen LogP contribution in [0.25, 0.3) is 0 Å². The van der Waals surface area contributed by atoms with Crippen molar-refractivity contribution in [3.05, 3.63) is 0 Å². The van der Waals surface area contributed by atoms with Crippen molar-refractivity contribution in [2.45, 2.75) is 57.9 Å². The second kappa shape index (κ2) is 5.13. The Kier molecular flexibility index (Phi) is 3.72. The first kappa shape index (κ1) is 12.3. The molecule has 0 heterocycles. The molecule has 3 aliphatic rings. The van der Waals surface area contributed by atoms with Gasteiger partial charge in [-0.1, -0.05) is 13.3 Å². The van der Waals surface area contributed by atoms with Crippen LogP contribution in [0.3, 0.4) is 0 Å². The normalized spacial score (nSPS) is 40.1. The van der Waals surface area contributed by atoms with Crippen LogP contribution in [0.2, 0.25) is 0 Å². The van der Waals surface area contributed by atoms with E-state index in [1.54, 1.807) is 12.8 Å². The fourth-order valence-electron chi connectivity index (χ4n) is 4.22. The molecule has 0 aromatic carbocycles. The van der Waals surface area contributed by atoms with Crippen molar-refractivity contribution >= 4 is 11.8 Å². The van der Waals surface area contributed by atoms with Crippen LogP contribution < -0.4 is 5.32 Å². The second-order valence-corrected chi connectivity index (χ2v) is 7.94. The van der Waals surface area contributed by atoms with Crippen molar-refractivity contribution in [3.8, 4) is 0 Å². The molecule has 0 spiro atoms. The van der Waals surface area contributed by atoms with E-state index in [0.29, 0.717) is 5.41 Å². The molecule has 3 unspecified atom stereocenters. The zero-order valence-corrected chi connectivity index (χ0v) is 12.0. The molecular weight excluding hydrogens is 226 g/mol. The minimum Gasteiger partial charge on any atom is -0.313 e. The molecule has 2 heteroatoms. The van der Waals surface area contributed by atoms with Crippen LogP contribution in [0.5, 0.6) is 0 Å². The monoisotopic (exact) mass is 253 g/mol. The Labute approximate surface area is 111 Å². The van der Waals surface area contributed by atoms with E-state index in [1.165, 1.54) is 50.2 Å². The summed E-state index contributed by atoms with van der Waals surface area (Å²) in [5, 5.41) is 3.84. The predicted molar refractivity (Wildman–Crippen MR) is 76.5 cm³/mol. The highest BCUT2D eigenvalue weighted by Crippen LogP contribution is 2.57. The summed E-state index contributed by atoms with van der Waals surface area (Å²) in [4.78, 5) is 0. The Hall–Kier alpha value is 0.310. The summed E-state index contributed by atoms with van der Waals surface area (Å²) in [5.74, 6) is 4.84. The van der Waals surface area contributed by atoms with Crippen LogP contribution in [0.1, 0.15) is 51.9 Å². The van der Waals surface area contributed by atoms with Crippen molar-refractivity contribution < 1.29 is 0 Å². The lowest BCUT2D eigenvalue weighted by atomic mass is 9.71. The summed E-state index contributed by atoms with van der Waals surface area (Å²) in [6.07, 6.45) is 10.5. The van der Waals surface area contributed by atoms with Gasteiger partial charge in [0.2, 0.25) is 0 Å². The summed E-state index contributed by atoms with van der Waals surface area (Å²) >= 11 is 2.14. The number of thioether (sulfide) groups is 1. The Balaban J connectivity index is 1.58. The summed E-state index contributed by atoms with van der Waals surface area (Å²) in [5.41, 5.74) is 0.702. The SMILES string of the molecule is CCSCCC1(CNC2CC2)CC2CCC1C2. The molecule has 0 saturated heterocycles. The van der Waals surface area contributed by atoms with Gasteiger partial charge in [0.1, 0.15) is 0 Å². The smallest absolute Gasteiger partial charge is 0.00684 e. The first-order valence-electron chi connectivity index (χ1n) is 7.63. The van der Waals surface area contributed by atoms with Crippen molar-refractivity contribution in [2.75, 3.05) is 18.1 Å². The third-order valence-electron chi connectivity index (χ3n) is 5.37. The lowest BCUT2D eigenvalue weighted by molar-refractivity contribution is 0.151. The van der Waals surface area contributed by atoms with Gasteiger partial charge in [0.15, 0.2) is 0 Å². The number of rotatable bonds is 7. The summed E-state index contributed by atoms with van der Waals surface area (Å²) in [6.45, 7) is 3.63. The second-order valence-electron chi connectivity index (χ2n) is 6.54. The van der Waals surface area contributed by atoms with Gasteiger partial charge in [-0.25, -0.2) is 0 Å². The van der Waals surface area contributed by atoms with E-state index < -0.39 is 0 Å². The van der Waals surface area contributed by atoms with Gasteiger partial charge in [0.25, 0.3) is 0 Å². The molecule has 98 valence electrons. The molecule has 17 heavy (non-hydrogen) atoms. The number of hydrogen-bond donors (Lipinski definition) is 1. The predicted octanol–water partition coefficient (Wildman–Crippen LogP) is 3.69. The molecule has 0 amide bonds. The van der Waals surface area contributed by atoms with Crippen molar-refractivity contribution in [2.24, 2.45) is 17.3 Å². The maximum Gasteiger partial charge on any atom is 0.00684 e. The fraction of sp³-hybridized carbons (Fsp3) is 1.00. The Morgan fingerprint density at radius 1 is 1.24 bits per heavy atom. The standard InChI is InChI=1S/C15H27NS/c1-2-17-8-7-15(11-16-14-5-6-14)10-12-3-4-13(15)9-12/h12-14,16H,2-11H2,1H3. The molecule has 3 aliphatic carbocycles. The molecule has 3 atom stereocenters. The minimum atomic E-state index is 0.702. The number of fused-ring (bicyclic) bond motifs is 2. The van der Waals surface area contributed by atoms with E-state index in [9.17, 15) is 0 Å². The van der Waals surface area contributed by atoms with Crippen LogP contribution in [0, 0.1) is 17.3 Å². The number of nitrogens with one attached hydrogen (secondary N) is 1. The van der Waals surface area contributed by atoms with Gasteiger partial charge in [-0.05, 0) is 67.3 Å². The van der Waals surface area contributed by atoms with E-state index >= 15 is 0 Å². The largest absolute Gasteiger partial charge is 0.313 e. The molecule has 1 nitrogen and oxygen atoms in total. The molecular formula is C15H27NS. The summed E-state index contributed by atoms with van der Waals surface area (Å²) in [7, 11) is 0. The van der Waals surface area contributed by atoms with Gasteiger partial charge in [0.05, 0.1) is 0 Å².